The molecule has 2 aliphatic heterocycles. The molecule has 2 rings (SSSR count). The highest BCUT2D eigenvalue weighted by Crippen LogP contribution is 2.35. The van der Waals surface area contributed by atoms with Gasteiger partial charge in [-0.05, 0) is 25.3 Å². The minimum absolute atomic E-state index is 0.199. The molecule has 15 heavy (non-hydrogen) atoms. The third-order valence-corrected chi connectivity index (χ3v) is 3.68. The molecule has 2 heterocycles. The highest BCUT2D eigenvalue weighted by atomic mass is 16.4. The lowest BCUT2D eigenvalue weighted by Crippen LogP contribution is -2.49. The van der Waals surface area contributed by atoms with E-state index in [0.29, 0.717) is 6.54 Å². The van der Waals surface area contributed by atoms with Crippen LogP contribution in [0.5, 0.6) is 0 Å². The number of aliphatic hydroxyl groups excluding tert-OH is 2. The summed E-state index contributed by atoms with van der Waals surface area (Å²) in [5.74, 6) is -0.800. The first-order valence-electron chi connectivity index (χ1n) is 5.38. The quantitative estimate of drug-likeness (QED) is 0.537. The van der Waals surface area contributed by atoms with Crippen molar-refractivity contribution >= 4 is 5.97 Å². The second-order valence-corrected chi connectivity index (χ2v) is 4.61. The van der Waals surface area contributed by atoms with Gasteiger partial charge >= 0.3 is 5.97 Å². The van der Waals surface area contributed by atoms with Crippen molar-refractivity contribution in [1.82, 2.24) is 4.90 Å². The van der Waals surface area contributed by atoms with E-state index in [1.807, 2.05) is 6.92 Å². The van der Waals surface area contributed by atoms with Gasteiger partial charge in [-0.2, -0.15) is 0 Å². The summed E-state index contributed by atoms with van der Waals surface area (Å²) < 4.78 is 0. The van der Waals surface area contributed by atoms with E-state index in [4.69, 9.17) is 5.11 Å². The third-order valence-electron chi connectivity index (χ3n) is 3.68. The summed E-state index contributed by atoms with van der Waals surface area (Å²) in [6, 6.07) is -1.14. The number of piperidine rings is 1. The van der Waals surface area contributed by atoms with E-state index in [1.165, 1.54) is 0 Å². The first-order valence-corrected chi connectivity index (χ1v) is 5.38. The molecule has 0 aliphatic carbocycles. The van der Waals surface area contributed by atoms with Crippen LogP contribution >= 0.6 is 0 Å². The van der Waals surface area contributed by atoms with Gasteiger partial charge < -0.3 is 15.3 Å². The molecule has 0 aromatic carbocycles. The SMILES string of the molecule is CC1CCCN2C(C(=O)O)C(O)C(O)C12. The van der Waals surface area contributed by atoms with Gasteiger partial charge in [0.1, 0.15) is 12.1 Å². The molecular formula is C10H17NO4. The predicted molar refractivity (Wildman–Crippen MR) is 52.3 cm³/mol. The monoisotopic (exact) mass is 215 g/mol. The Morgan fingerprint density at radius 2 is 2.00 bits per heavy atom. The number of hydrogen-bond acceptors (Lipinski definition) is 4. The Hall–Kier alpha value is -0.650. The average Bonchev–Trinajstić information content (AvgIpc) is 2.41. The van der Waals surface area contributed by atoms with Crippen molar-refractivity contribution in [2.75, 3.05) is 6.54 Å². The second kappa shape index (κ2) is 3.73. The number of carboxylic acids is 1. The van der Waals surface area contributed by atoms with Crippen LogP contribution in [0.4, 0.5) is 0 Å². The van der Waals surface area contributed by atoms with E-state index < -0.39 is 24.2 Å². The second-order valence-electron chi connectivity index (χ2n) is 4.61. The predicted octanol–water partition coefficient (Wildman–Crippen LogP) is -0.725. The molecule has 0 spiro atoms. The number of carbonyl (C=O) groups is 1. The van der Waals surface area contributed by atoms with Gasteiger partial charge in [-0.25, -0.2) is 0 Å². The molecule has 3 N–H and O–H groups in total. The minimum Gasteiger partial charge on any atom is -0.480 e. The molecule has 86 valence electrons. The topological polar surface area (TPSA) is 81.0 Å². The van der Waals surface area contributed by atoms with Crippen molar-refractivity contribution in [3.63, 3.8) is 0 Å². The van der Waals surface area contributed by atoms with Crippen LogP contribution in [0, 0.1) is 5.92 Å². The Bertz CT molecular complexity index is 270. The van der Waals surface area contributed by atoms with Crippen LogP contribution in [0.3, 0.4) is 0 Å². The molecule has 0 aromatic rings. The van der Waals surface area contributed by atoms with Gasteiger partial charge in [0.15, 0.2) is 0 Å². The van der Waals surface area contributed by atoms with E-state index in [2.05, 4.69) is 0 Å². The van der Waals surface area contributed by atoms with Crippen molar-refractivity contribution in [2.45, 2.75) is 44.1 Å². The number of carboxylic acid groups (broad SMARTS) is 1. The summed E-state index contributed by atoms with van der Waals surface area (Å²) in [7, 11) is 0. The van der Waals surface area contributed by atoms with Crippen molar-refractivity contribution in [3.05, 3.63) is 0 Å². The third kappa shape index (κ3) is 1.55. The van der Waals surface area contributed by atoms with Gasteiger partial charge in [-0.1, -0.05) is 6.92 Å². The average molecular weight is 215 g/mol. The lowest BCUT2D eigenvalue weighted by molar-refractivity contribution is -0.146. The maximum Gasteiger partial charge on any atom is 0.323 e. The largest absolute Gasteiger partial charge is 0.480 e. The van der Waals surface area contributed by atoms with Gasteiger partial charge in [0.2, 0.25) is 0 Å². The standard InChI is InChI=1S/C10H17NO4/c1-5-3-2-4-11-6(5)8(12)9(13)7(11)10(14)15/h5-9,12-13H,2-4H2,1H3,(H,14,15). The molecule has 0 radical (unpaired) electrons. The molecule has 0 bridgehead atoms. The molecule has 5 heteroatoms. The Kier molecular flexibility index (Phi) is 2.70. The smallest absolute Gasteiger partial charge is 0.323 e. The first-order chi connectivity index (χ1) is 7.04. The van der Waals surface area contributed by atoms with E-state index >= 15 is 0 Å². The molecule has 0 amide bonds. The fraction of sp³-hybridized carbons (Fsp3) is 0.900. The van der Waals surface area contributed by atoms with Crippen molar-refractivity contribution in [3.8, 4) is 0 Å². The van der Waals surface area contributed by atoms with Gasteiger partial charge in [0.25, 0.3) is 0 Å². The molecular weight excluding hydrogens is 198 g/mol. The summed E-state index contributed by atoms with van der Waals surface area (Å²) >= 11 is 0. The van der Waals surface area contributed by atoms with Crippen LogP contribution < -0.4 is 0 Å². The van der Waals surface area contributed by atoms with Gasteiger partial charge in [0, 0.05) is 6.04 Å². The van der Waals surface area contributed by atoms with Crippen molar-refractivity contribution in [1.29, 1.82) is 0 Å². The molecule has 2 fully saturated rings. The Labute approximate surface area is 88.3 Å². The Morgan fingerprint density at radius 3 is 2.60 bits per heavy atom. The highest BCUT2D eigenvalue weighted by molar-refractivity contribution is 5.75. The van der Waals surface area contributed by atoms with Crippen molar-refractivity contribution in [2.24, 2.45) is 5.92 Å². The zero-order valence-corrected chi connectivity index (χ0v) is 8.71. The molecule has 2 aliphatic rings. The number of hydrogen-bond donors (Lipinski definition) is 3. The number of fused-ring (bicyclic) bond motifs is 1. The molecule has 5 unspecified atom stereocenters. The summed E-state index contributed by atoms with van der Waals surface area (Å²) in [6.45, 7) is 2.65. The summed E-state index contributed by atoms with van der Waals surface area (Å²) in [4.78, 5) is 12.7. The van der Waals surface area contributed by atoms with Crippen LogP contribution in [0.2, 0.25) is 0 Å². The summed E-state index contributed by atoms with van der Waals surface area (Å²) in [6.07, 6.45) is -0.174. The fourth-order valence-electron chi connectivity index (χ4n) is 2.97. The van der Waals surface area contributed by atoms with E-state index in [9.17, 15) is 15.0 Å². The van der Waals surface area contributed by atoms with Crippen LogP contribution in [0.15, 0.2) is 0 Å². The van der Waals surface area contributed by atoms with Gasteiger partial charge in [-0.15, -0.1) is 0 Å². The lowest BCUT2D eigenvalue weighted by atomic mass is 9.89. The van der Waals surface area contributed by atoms with Gasteiger partial charge in [-0.3, -0.25) is 9.69 Å². The molecule has 5 nitrogen and oxygen atoms in total. The number of aliphatic hydroxyl groups is 2. The summed E-state index contributed by atoms with van der Waals surface area (Å²) in [5.41, 5.74) is 0. The fourth-order valence-corrected chi connectivity index (χ4v) is 2.97. The number of nitrogens with zero attached hydrogens (tertiary/aromatic N) is 1. The van der Waals surface area contributed by atoms with E-state index in [-0.39, 0.29) is 12.0 Å². The Morgan fingerprint density at radius 1 is 1.33 bits per heavy atom. The van der Waals surface area contributed by atoms with Crippen LogP contribution in [0.1, 0.15) is 19.8 Å². The van der Waals surface area contributed by atoms with Crippen LogP contribution in [-0.2, 0) is 4.79 Å². The zero-order valence-electron chi connectivity index (χ0n) is 8.71. The molecule has 5 atom stereocenters. The van der Waals surface area contributed by atoms with Crippen molar-refractivity contribution < 1.29 is 20.1 Å². The first kappa shape index (κ1) is 10.9. The molecule has 0 aromatic heterocycles. The van der Waals surface area contributed by atoms with E-state index in [0.717, 1.165) is 12.8 Å². The normalized spacial score (nSPS) is 46.5. The Balaban J connectivity index is 2.26. The number of aliphatic carboxylic acids is 1. The number of rotatable bonds is 1. The van der Waals surface area contributed by atoms with Crippen LogP contribution in [-0.4, -0.2) is 57.0 Å². The molecule has 2 saturated heterocycles. The van der Waals surface area contributed by atoms with Gasteiger partial charge in [0.05, 0.1) is 6.10 Å². The maximum absolute atomic E-state index is 11.0. The lowest BCUT2D eigenvalue weighted by Gasteiger charge is -2.37. The minimum atomic E-state index is -1.16. The maximum atomic E-state index is 11.0. The highest BCUT2D eigenvalue weighted by Gasteiger charge is 2.53. The van der Waals surface area contributed by atoms with Crippen LogP contribution in [0.25, 0.3) is 0 Å². The molecule has 0 saturated carbocycles. The van der Waals surface area contributed by atoms with E-state index in [1.54, 1.807) is 4.90 Å². The summed E-state index contributed by atoms with van der Waals surface area (Å²) in [5, 5.41) is 28.5. The zero-order chi connectivity index (χ0) is 11.2.